The van der Waals surface area contributed by atoms with Crippen molar-refractivity contribution in [3.63, 3.8) is 0 Å². The summed E-state index contributed by atoms with van der Waals surface area (Å²) in [6, 6.07) is 0.339. The molecule has 1 heterocycles. The number of nitrogens with zero attached hydrogens (tertiary/aromatic N) is 2. The van der Waals surface area contributed by atoms with E-state index < -0.39 is 35.0 Å². The van der Waals surface area contributed by atoms with Crippen molar-refractivity contribution in [2.75, 3.05) is 0 Å². The molecule has 1 atom stereocenters. The van der Waals surface area contributed by atoms with Crippen molar-refractivity contribution in [3.8, 4) is 0 Å². The first-order valence-corrected chi connectivity index (χ1v) is 7.50. The summed E-state index contributed by atoms with van der Waals surface area (Å²) in [4.78, 5) is 12.0. The number of carbonyl (C=O) groups excluding carboxylic acids is 1. The van der Waals surface area contributed by atoms with Gasteiger partial charge >= 0.3 is 18.0 Å². The van der Waals surface area contributed by atoms with Crippen LogP contribution in [0.25, 0.3) is 0 Å². The van der Waals surface area contributed by atoms with Gasteiger partial charge in [-0.05, 0) is 25.1 Å². The molecule has 0 saturated carbocycles. The first-order valence-electron chi connectivity index (χ1n) is 6.70. The second kappa shape index (κ2) is 5.96. The number of carbonyl (C=O) groups is 1. The summed E-state index contributed by atoms with van der Waals surface area (Å²) in [5.41, 5.74) is -3.36. The average molecular weight is 435 g/mol. The Bertz CT molecular complexity index is 751. The van der Waals surface area contributed by atoms with Crippen molar-refractivity contribution >= 4 is 21.7 Å². The fourth-order valence-corrected chi connectivity index (χ4v) is 2.55. The zero-order chi connectivity index (χ0) is 19.3. The highest BCUT2D eigenvalue weighted by Gasteiger charge is 2.74. The standard InChI is InChI=1S/C14H10BrF7N2O/c1-8(25)11(5-2-9(15)3-6-11)24-7-4-10(23-24)12(16,17)13(18,19)14(20,21)22/h2-5,7H,6H2,1H3. The molecule has 1 aliphatic carbocycles. The summed E-state index contributed by atoms with van der Waals surface area (Å²) in [7, 11) is 0. The Hall–Kier alpha value is -1.65. The Kier molecular flexibility index (Phi) is 4.69. The first kappa shape index (κ1) is 19.7. The maximum atomic E-state index is 13.7. The van der Waals surface area contributed by atoms with Gasteiger partial charge in [0, 0.05) is 17.1 Å². The third-order valence-corrected chi connectivity index (χ3v) is 4.39. The second-order valence-electron chi connectivity index (χ2n) is 5.40. The summed E-state index contributed by atoms with van der Waals surface area (Å²) >= 11 is 3.14. The van der Waals surface area contributed by atoms with Crippen LogP contribution in [0.5, 0.6) is 0 Å². The van der Waals surface area contributed by atoms with E-state index in [1.807, 2.05) is 0 Å². The number of hydrogen-bond acceptors (Lipinski definition) is 2. The molecule has 0 bridgehead atoms. The first-order chi connectivity index (χ1) is 11.3. The van der Waals surface area contributed by atoms with Gasteiger partial charge in [-0.15, -0.1) is 0 Å². The molecule has 0 N–H and O–H groups in total. The van der Waals surface area contributed by atoms with Gasteiger partial charge in [0.05, 0.1) is 0 Å². The molecule has 138 valence electrons. The minimum absolute atomic E-state index is 0.0399. The zero-order valence-corrected chi connectivity index (χ0v) is 14.0. The molecule has 0 aromatic carbocycles. The molecule has 2 rings (SSSR count). The van der Waals surface area contributed by atoms with Gasteiger partial charge in [0.15, 0.2) is 5.78 Å². The van der Waals surface area contributed by atoms with Crippen LogP contribution in [-0.4, -0.2) is 27.7 Å². The third-order valence-electron chi connectivity index (χ3n) is 3.81. The Labute approximate surface area is 145 Å². The minimum Gasteiger partial charge on any atom is -0.297 e. The van der Waals surface area contributed by atoms with E-state index in [0.29, 0.717) is 15.2 Å². The van der Waals surface area contributed by atoms with Crippen LogP contribution in [-0.2, 0) is 16.3 Å². The molecule has 1 unspecified atom stereocenters. The summed E-state index contributed by atoms with van der Waals surface area (Å²) in [5.74, 6) is -12.5. The molecule has 1 aromatic rings. The topological polar surface area (TPSA) is 34.9 Å². The second-order valence-corrected chi connectivity index (χ2v) is 6.31. The third kappa shape index (κ3) is 3.02. The lowest BCUT2D eigenvalue weighted by atomic mass is 9.87. The Morgan fingerprint density at radius 2 is 1.84 bits per heavy atom. The molecule has 25 heavy (non-hydrogen) atoms. The fourth-order valence-electron chi connectivity index (χ4n) is 2.25. The van der Waals surface area contributed by atoms with E-state index in [0.717, 1.165) is 13.1 Å². The summed E-state index contributed by atoms with van der Waals surface area (Å²) in [6.45, 7) is 1.13. The number of aromatic nitrogens is 2. The average Bonchev–Trinajstić information content (AvgIpc) is 2.97. The highest BCUT2D eigenvalue weighted by atomic mass is 79.9. The van der Waals surface area contributed by atoms with Crippen molar-refractivity contribution in [3.05, 3.63) is 40.7 Å². The molecule has 0 radical (unpaired) electrons. The lowest BCUT2D eigenvalue weighted by molar-refractivity contribution is -0.360. The van der Waals surface area contributed by atoms with E-state index in [1.165, 1.54) is 18.2 Å². The van der Waals surface area contributed by atoms with Gasteiger partial charge in [-0.2, -0.15) is 35.8 Å². The highest BCUT2D eigenvalue weighted by molar-refractivity contribution is 9.11. The van der Waals surface area contributed by atoms with Crippen LogP contribution in [0.1, 0.15) is 19.0 Å². The molecule has 0 amide bonds. The van der Waals surface area contributed by atoms with Crippen LogP contribution in [0.4, 0.5) is 30.7 Å². The quantitative estimate of drug-likeness (QED) is 0.644. The number of rotatable bonds is 4. The highest BCUT2D eigenvalue weighted by Crippen LogP contribution is 2.51. The number of halogens is 8. The summed E-state index contributed by atoms with van der Waals surface area (Å²) < 4.78 is 91.8. The normalized spacial score (nSPS) is 22.0. The van der Waals surface area contributed by atoms with Crippen molar-refractivity contribution < 1.29 is 35.5 Å². The lowest BCUT2D eigenvalue weighted by Gasteiger charge is -2.30. The van der Waals surface area contributed by atoms with E-state index in [9.17, 15) is 35.5 Å². The van der Waals surface area contributed by atoms with Crippen LogP contribution in [0.2, 0.25) is 0 Å². The van der Waals surface area contributed by atoms with Gasteiger partial charge in [0.25, 0.3) is 0 Å². The molecular formula is C14H10BrF7N2O. The van der Waals surface area contributed by atoms with Crippen LogP contribution < -0.4 is 0 Å². The number of alkyl halides is 7. The summed E-state index contributed by atoms with van der Waals surface area (Å²) in [5, 5.41) is 3.17. The van der Waals surface area contributed by atoms with Gasteiger partial charge in [0.1, 0.15) is 11.2 Å². The van der Waals surface area contributed by atoms with E-state index >= 15 is 0 Å². The van der Waals surface area contributed by atoms with Crippen molar-refractivity contribution in [2.45, 2.75) is 36.9 Å². The molecular weight excluding hydrogens is 425 g/mol. The molecule has 0 spiro atoms. The molecule has 11 heteroatoms. The maximum Gasteiger partial charge on any atom is 0.460 e. The molecule has 0 fully saturated rings. The van der Waals surface area contributed by atoms with Crippen molar-refractivity contribution in [1.82, 2.24) is 9.78 Å². The zero-order valence-electron chi connectivity index (χ0n) is 12.4. The van der Waals surface area contributed by atoms with Crippen LogP contribution in [0, 0.1) is 0 Å². The Balaban J connectivity index is 2.49. The van der Waals surface area contributed by atoms with Gasteiger partial charge in [-0.25, -0.2) is 0 Å². The van der Waals surface area contributed by atoms with Crippen molar-refractivity contribution in [2.24, 2.45) is 0 Å². The number of allylic oxidation sites excluding steroid dienone is 4. The van der Waals surface area contributed by atoms with Crippen LogP contribution in [0.3, 0.4) is 0 Å². The van der Waals surface area contributed by atoms with Crippen LogP contribution >= 0.6 is 15.9 Å². The molecule has 3 nitrogen and oxygen atoms in total. The molecule has 0 aliphatic heterocycles. The summed E-state index contributed by atoms with van der Waals surface area (Å²) in [6.07, 6.45) is -1.48. The van der Waals surface area contributed by atoms with Gasteiger partial charge in [0.2, 0.25) is 0 Å². The lowest BCUT2D eigenvalue weighted by Crippen LogP contribution is -2.50. The van der Waals surface area contributed by atoms with E-state index in [1.54, 1.807) is 0 Å². The van der Waals surface area contributed by atoms with Crippen molar-refractivity contribution in [1.29, 1.82) is 0 Å². The minimum atomic E-state index is -6.46. The number of hydrogen-bond donors (Lipinski definition) is 0. The Morgan fingerprint density at radius 3 is 2.28 bits per heavy atom. The molecule has 1 aliphatic rings. The number of ketones is 1. The number of Topliss-reactive ketones (excluding diaryl/α,β-unsaturated/α-hetero) is 1. The Morgan fingerprint density at radius 1 is 1.24 bits per heavy atom. The van der Waals surface area contributed by atoms with Gasteiger partial charge in [-0.1, -0.05) is 22.0 Å². The van der Waals surface area contributed by atoms with Gasteiger partial charge < -0.3 is 0 Å². The predicted molar refractivity (Wildman–Crippen MR) is 76.5 cm³/mol. The SMILES string of the molecule is CC(=O)C1(n2ccc(C(F)(F)C(F)(F)C(F)(F)F)n2)C=CC(Br)=CC1. The fraction of sp³-hybridized carbons (Fsp3) is 0.429. The monoisotopic (exact) mass is 434 g/mol. The maximum absolute atomic E-state index is 13.7. The van der Waals surface area contributed by atoms with E-state index in [4.69, 9.17) is 0 Å². The molecule has 0 saturated heterocycles. The largest absolute Gasteiger partial charge is 0.460 e. The van der Waals surface area contributed by atoms with E-state index in [2.05, 4.69) is 21.0 Å². The smallest absolute Gasteiger partial charge is 0.297 e. The molecule has 1 aromatic heterocycles. The van der Waals surface area contributed by atoms with E-state index in [-0.39, 0.29) is 6.42 Å². The van der Waals surface area contributed by atoms with Crippen LogP contribution in [0.15, 0.2) is 35.0 Å². The predicted octanol–water partition coefficient (Wildman–Crippen LogP) is 4.70. The van der Waals surface area contributed by atoms with Gasteiger partial charge in [-0.3, -0.25) is 9.48 Å².